The molecule has 0 heterocycles. The van der Waals surface area contributed by atoms with Gasteiger partial charge in [-0.25, -0.2) is 8.42 Å². The van der Waals surface area contributed by atoms with Gasteiger partial charge in [0.2, 0.25) is 10.0 Å². The van der Waals surface area contributed by atoms with E-state index in [1.165, 1.54) is 15.9 Å². The summed E-state index contributed by atoms with van der Waals surface area (Å²) in [6.45, 7) is 6.22. The molecule has 0 aliphatic heterocycles. The molecule has 3 aromatic rings. The minimum absolute atomic E-state index is 0.0153. The monoisotopic (exact) mass is 565 g/mol. The number of hydrogen-bond donors (Lipinski definition) is 0. The van der Waals surface area contributed by atoms with Gasteiger partial charge in [0.15, 0.2) is 0 Å². The molecule has 3 aromatic carbocycles. The van der Waals surface area contributed by atoms with Gasteiger partial charge in [-0.15, -0.1) is 0 Å². The van der Waals surface area contributed by atoms with Gasteiger partial charge >= 0.3 is 0 Å². The minimum Gasteiger partial charge on any atom is -0.366 e. The standard InChI is InChI=1S/C32H43N3O4S/c1-3-5-23-33(24-13-19-28-15-9-7-10-16-28)31-22-21-30(27-32(31)35(36)37)40(38,39)34(25-6-4-2)26-14-20-29-17-11-8-12-18-29/h7-12,15-18,21-22,27H,3-6,13-14,19-20,23-26H2,1-2H3. The number of nitrogens with zero attached hydrogens (tertiary/aromatic N) is 3. The molecule has 0 atom stereocenters. The fourth-order valence-corrected chi connectivity index (χ4v) is 6.38. The lowest BCUT2D eigenvalue weighted by atomic mass is 10.1. The summed E-state index contributed by atoms with van der Waals surface area (Å²) in [5.41, 5.74) is 2.72. The van der Waals surface area contributed by atoms with Crippen molar-refractivity contribution < 1.29 is 13.3 Å². The molecule has 0 N–H and O–H groups in total. The smallest absolute Gasteiger partial charge is 0.293 e. The fourth-order valence-electron chi connectivity index (χ4n) is 4.84. The maximum atomic E-state index is 13.7. The average molecular weight is 566 g/mol. The van der Waals surface area contributed by atoms with Crippen molar-refractivity contribution in [1.82, 2.24) is 4.31 Å². The van der Waals surface area contributed by atoms with Gasteiger partial charge in [0.05, 0.1) is 9.82 Å². The van der Waals surface area contributed by atoms with Crippen LogP contribution in [0.1, 0.15) is 63.5 Å². The highest BCUT2D eigenvalue weighted by molar-refractivity contribution is 7.89. The number of anilines is 1. The highest BCUT2D eigenvalue weighted by Gasteiger charge is 2.28. The lowest BCUT2D eigenvalue weighted by Gasteiger charge is -2.26. The van der Waals surface area contributed by atoms with E-state index >= 15 is 0 Å². The molecule has 0 bridgehead atoms. The summed E-state index contributed by atoms with van der Waals surface area (Å²) in [5, 5.41) is 12.2. The van der Waals surface area contributed by atoms with Crippen LogP contribution >= 0.6 is 0 Å². The van der Waals surface area contributed by atoms with Crippen molar-refractivity contribution in [1.29, 1.82) is 0 Å². The third kappa shape index (κ3) is 9.17. The van der Waals surface area contributed by atoms with Crippen LogP contribution in [0.25, 0.3) is 0 Å². The van der Waals surface area contributed by atoms with Crippen LogP contribution in [0.15, 0.2) is 83.8 Å². The van der Waals surface area contributed by atoms with Crippen LogP contribution < -0.4 is 4.90 Å². The number of hydrogen-bond acceptors (Lipinski definition) is 5. The average Bonchev–Trinajstić information content (AvgIpc) is 2.97. The maximum Gasteiger partial charge on any atom is 0.293 e. The van der Waals surface area contributed by atoms with Crippen LogP contribution in [0.4, 0.5) is 11.4 Å². The first-order valence-corrected chi connectivity index (χ1v) is 15.9. The van der Waals surface area contributed by atoms with E-state index in [2.05, 4.69) is 19.1 Å². The van der Waals surface area contributed by atoms with E-state index in [-0.39, 0.29) is 10.6 Å². The predicted molar refractivity (Wildman–Crippen MR) is 163 cm³/mol. The zero-order valence-electron chi connectivity index (χ0n) is 23.9. The number of unbranched alkanes of at least 4 members (excludes halogenated alkanes) is 2. The van der Waals surface area contributed by atoms with Gasteiger partial charge in [0, 0.05) is 32.2 Å². The largest absolute Gasteiger partial charge is 0.366 e. The summed E-state index contributed by atoms with van der Waals surface area (Å²) in [6, 6.07) is 24.6. The Morgan fingerprint density at radius 2 is 1.20 bits per heavy atom. The highest BCUT2D eigenvalue weighted by Crippen LogP contribution is 2.33. The minimum atomic E-state index is -3.89. The molecule has 8 heteroatoms. The summed E-state index contributed by atoms with van der Waals surface area (Å²) >= 11 is 0. The summed E-state index contributed by atoms with van der Waals surface area (Å²) in [4.78, 5) is 13.8. The summed E-state index contributed by atoms with van der Waals surface area (Å²) in [7, 11) is -3.89. The Morgan fingerprint density at radius 3 is 1.75 bits per heavy atom. The van der Waals surface area contributed by atoms with E-state index in [9.17, 15) is 18.5 Å². The van der Waals surface area contributed by atoms with Crippen LogP contribution in [0.3, 0.4) is 0 Å². The molecule has 0 spiro atoms. The molecule has 40 heavy (non-hydrogen) atoms. The Balaban J connectivity index is 1.82. The van der Waals surface area contributed by atoms with Gasteiger partial charge in [-0.05, 0) is 61.8 Å². The molecule has 3 rings (SSSR count). The van der Waals surface area contributed by atoms with E-state index in [0.717, 1.165) is 50.5 Å². The van der Waals surface area contributed by atoms with Crippen molar-refractivity contribution in [2.45, 2.75) is 70.1 Å². The molecule has 0 radical (unpaired) electrons. The van der Waals surface area contributed by atoms with Crippen LogP contribution in [0.2, 0.25) is 0 Å². The SMILES string of the molecule is CCCCN(CCCc1ccccc1)c1ccc(S(=O)(=O)N(CCCC)CCCc2ccccc2)cc1[N+](=O)[O-]. The van der Waals surface area contributed by atoms with Gasteiger partial charge in [0.25, 0.3) is 5.69 Å². The van der Waals surface area contributed by atoms with Gasteiger partial charge < -0.3 is 4.90 Å². The molecule has 0 aromatic heterocycles. The zero-order valence-corrected chi connectivity index (χ0v) is 24.7. The van der Waals surface area contributed by atoms with Crippen LogP contribution in [0, 0.1) is 10.1 Å². The van der Waals surface area contributed by atoms with E-state index in [0.29, 0.717) is 38.3 Å². The Hall–Kier alpha value is -3.23. The molecule has 0 saturated carbocycles. The molecular formula is C32H43N3O4S. The van der Waals surface area contributed by atoms with Crippen molar-refractivity contribution in [3.05, 3.63) is 100 Å². The molecule has 0 unspecified atom stereocenters. The van der Waals surface area contributed by atoms with Crippen molar-refractivity contribution in [3.63, 3.8) is 0 Å². The lowest BCUT2D eigenvalue weighted by molar-refractivity contribution is -0.384. The number of nitro benzene ring substituents is 1. The summed E-state index contributed by atoms with van der Waals surface area (Å²) in [5.74, 6) is 0. The first-order chi connectivity index (χ1) is 19.4. The Bertz CT molecular complexity index is 1280. The second-order valence-corrected chi connectivity index (χ2v) is 12.1. The Morgan fingerprint density at radius 1 is 0.700 bits per heavy atom. The number of nitro groups is 1. The van der Waals surface area contributed by atoms with Crippen LogP contribution in [-0.4, -0.2) is 43.8 Å². The number of sulfonamides is 1. The number of benzene rings is 3. The van der Waals surface area contributed by atoms with Gasteiger partial charge in [-0.2, -0.15) is 4.31 Å². The molecule has 0 aliphatic carbocycles. The third-order valence-electron chi connectivity index (χ3n) is 7.12. The van der Waals surface area contributed by atoms with Crippen molar-refractivity contribution >= 4 is 21.4 Å². The molecule has 0 saturated heterocycles. The van der Waals surface area contributed by atoms with Gasteiger partial charge in [-0.1, -0.05) is 87.4 Å². The van der Waals surface area contributed by atoms with Gasteiger partial charge in [-0.3, -0.25) is 10.1 Å². The second-order valence-electron chi connectivity index (χ2n) is 10.2. The zero-order chi connectivity index (χ0) is 28.8. The van der Waals surface area contributed by atoms with E-state index in [4.69, 9.17) is 0 Å². The summed E-state index contributed by atoms with van der Waals surface area (Å²) in [6.07, 6.45) is 6.62. The van der Waals surface area contributed by atoms with Crippen molar-refractivity contribution in [3.8, 4) is 0 Å². The Kier molecular flexibility index (Phi) is 12.6. The first kappa shape index (κ1) is 31.3. The van der Waals surface area contributed by atoms with Crippen molar-refractivity contribution in [2.24, 2.45) is 0 Å². The molecule has 0 aliphatic rings. The second kappa shape index (κ2) is 16.1. The fraction of sp³-hybridized carbons (Fsp3) is 0.438. The number of rotatable bonds is 18. The molecule has 0 amide bonds. The van der Waals surface area contributed by atoms with E-state index in [1.807, 2.05) is 60.4 Å². The Labute approximate surface area is 240 Å². The number of aryl methyl sites for hydroxylation is 2. The van der Waals surface area contributed by atoms with Crippen molar-refractivity contribution in [2.75, 3.05) is 31.1 Å². The quantitative estimate of drug-likeness (QED) is 0.120. The molecule has 216 valence electrons. The normalized spacial score (nSPS) is 11.6. The predicted octanol–water partition coefficient (Wildman–Crippen LogP) is 7.26. The van der Waals surface area contributed by atoms with Crippen LogP contribution in [0.5, 0.6) is 0 Å². The first-order valence-electron chi connectivity index (χ1n) is 14.5. The topological polar surface area (TPSA) is 83.8 Å². The summed E-state index contributed by atoms with van der Waals surface area (Å²) < 4.78 is 28.9. The molecule has 7 nitrogen and oxygen atoms in total. The third-order valence-corrected chi connectivity index (χ3v) is 9.01. The maximum absolute atomic E-state index is 13.7. The van der Waals surface area contributed by atoms with Gasteiger partial charge in [0.1, 0.15) is 5.69 Å². The molecular weight excluding hydrogens is 522 g/mol. The highest BCUT2D eigenvalue weighted by atomic mass is 32.2. The van der Waals surface area contributed by atoms with E-state index < -0.39 is 14.9 Å². The van der Waals surface area contributed by atoms with E-state index in [1.54, 1.807) is 12.1 Å². The lowest BCUT2D eigenvalue weighted by Crippen LogP contribution is -2.33. The molecule has 0 fully saturated rings. The van der Waals surface area contributed by atoms with Crippen LogP contribution in [-0.2, 0) is 22.9 Å².